The minimum Gasteiger partial charge on any atom is -0.506 e. The topological polar surface area (TPSA) is 114 Å². The van der Waals surface area contributed by atoms with Crippen LogP contribution in [0, 0.1) is 10.1 Å². The second-order valence-electron chi connectivity index (χ2n) is 5.70. The monoisotopic (exact) mass is 365 g/mol. The van der Waals surface area contributed by atoms with Crippen molar-refractivity contribution in [2.75, 3.05) is 5.32 Å². The van der Waals surface area contributed by atoms with Gasteiger partial charge in [-0.05, 0) is 24.3 Å². The van der Waals surface area contributed by atoms with Crippen molar-refractivity contribution in [3.05, 3.63) is 87.2 Å². The third-order valence-corrected chi connectivity index (χ3v) is 4.02. The maximum atomic E-state index is 12.8. The molecule has 1 aromatic heterocycles. The highest BCUT2D eigenvalue weighted by Crippen LogP contribution is 2.27. The molecule has 0 fully saturated rings. The van der Waals surface area contributed by atoms with E-state index in [1.165, 1.54) is 34.9 Å². The summed E-state index contributed by atoms with van der Waals surface area (Å²) >= 11 is 0. The number of aromatic nitrogens is 1. The summed E-state index contributed by atoms with van der Waals surface area (Å²) in [5.41, 5.74) is -0.464. The number of hydrogen-bond acceptors (Lipinski definition) is 5. The molecule has 0 bridgehead atoms. The van der Waals surface area contributed by atoms with Gasteiger partial charge >= 0.3 is 0 Å². The van der Waals surface area contributed by atoms with Gasteiger partial charge in [0.1, 0.15) is 11.3 Å². The van der Waals surface area contributed by atoms with Crippen molar-refractivity contribution in [1.82, 2.24) is 4.57 Å². The Bertz CT molecular complexity index is 1120. The van der Waals surface area contributed by atoms with Crippen molar-refractivity contribution >= 4 is 28.2 Å². The number of rotatable bonds is 5. The number of carbonyl (C=O) groups is 1. The third kappa shape index (κ3) is 3.28. The van der Waals surface area contributed by atoms with E-state index in [-0.39, 0.29) is 17.9 Å². The van der Waals surface area contributed by atoms with E-state index in [2.05, 4.69) is 11.9 Å². The van der Waals surface area contributed by atoms with Gasteiger partial charge in [-0.25, -0.2) is 0 Å². The van der Waals surface area contributed by atoms with Crippen LogP contribution in [0.25, 0.3) is 10.9 Å². The average molecular weight is 365 g/mol. The maximum Gasteiger partial charge on any atom is 0.269 e. The highest BCUT2D eigenvalue weighted by molar-refractivity contribution is 6.09. The van der Waals surface area contributed by atoms with Crippen LogP contribution in [0.15, 0.2) is 66.0 Å². The van der Waals surface area contributed by atoms with Crippen LogP contribution in [0.3, 0.4) is 0 Å². The largest absolute Gasteiger partial charge is 0.506 e. The number of nitro benzene ring substituents is 1. The molecule has 8 heteroatoms. The first kappa shape index (κ1) is 17.9. The molecule has 8 nitrogen and oxygen atoms in total. The van der Waals surface area contributed by atoms with Gasteiger partial charge in [-0.15, -0.1) is 6.58 Å². The Labute approximate surface area is 153 Å². The quantitative estimate of drug-likeness (QED) is 0.410. The summed E-state index contributed by atoms with van der Waals surface area (Å²) < 4.78 is 1.34. The molecule has 2 N–H and O–H groups in total. The van der Waals surface area contributed by atoms with Gasteiger partial charge in [0.15, 0.2) is 0 Å². The molecule has 0 unspecified atom stereocenters. The number of anilines is 1. The van der Waals surface area contributed by atoms with E-state index in [9.17, 15) is 24.8 Å². The number of aromatic hydroxyl groups is 1. The van der Waals surface area contributed by atoms with Gasteiger partial charge < -0.3 is 15.0 Å². The molecule has 1 heterocycles. The lowest BCUT2D eigenvalue weighted by Gasteiger charge is -2.13. The zero-order valence-corrected chi connectivity index (χ0v) is 14.1. The molecular weight excluding hydrogens is 350 g/mol. The molecule has 3 rings (SSSR count). The fraction of sp³-hybridized carbons (Fsp3) is 0.0526. The Hall–Kier alpha value is -3.94. The molecule has 136 valence electrons. The standard InChI is InChI=1S/C19H15N3O5/c1-2-11-21-15-6-4-3-5-14(15)17(23)16(19(21)25)18(24)20-12-7-9-13(10-8-12)22(26)27/h2-10,23H,1,11H2,(H,20,24). The molecule has 1 amide bonds. The van der Waals surface area contributed by atoms with Crippen molar-refractivity contribution in [3.63, 3.8) is 0 Å². The Morgan fingerprint density at radius 2 is 1.89 bits per heavy atom. The molecule has 0 aliphatic rings. The van der Waals surface area contributed by atoms with Crippen LogP contribution in [0.5, 0.6) is 5.75 Å². The maximum absolute atomic E-state index is 12.8. The molecule has 0 atom stereocenters. The third-order valence-electron chi connectivity index (χ3n) is 4.02. The Balaban J connectivity index is 2.07. The van der Waals surface area contributed by atoms with Gasteiger partial charge in [0.25, 0.3) is 17.2 Å². The number of nitro groups is 1. The molecule has 0 saturated carbocycles. The molecule has 2 aromatic carbocycles. The van der Waals surface area contributed by atoms with Crippen LogP contribution in [0.2, 0.25) is 0 Å². The van der Waals surface area contributed by atoms with E-state index >= 15 is 0 Å². The number of carbonyl (C=O) groups excluding carboxylic acids is 1. The fourth-order valence-corrected chi connectivity index (χ4v) is 2.76. The van der Waals surface area contributed by atoms with Crippen molar-refractivity contribution in [1.29, 1.82) is 0 Å². The first-order chi connectivity index (χ1) is 12.9. The average Bonchev–Trinajstić information content (AvgIpc) is 2.65. The Morgan fingerprint density at radius 1 is 1.22 bits per heavy atom. The van der Waals surface area contributed by atoms with Gasteiger partial charge in [0.2, 0.25) is 0 Å². The number of amides is 1. The van der Waals surface area contributed by atoms with Gasteiger partial charge in [-0.1, -0.05) is 18.2 Å². The predicted molar refractivity (Wildman–Crippen MR) is 101 cm³/mol. The highest BCUT2D eigenvalue weighted by Gasteiger charge is 2.22. The normalized spacial score (nSPS) is 10.5. The number of fused-ring (bicyclic) bond motifs is 1. The lowest BCUT2D eigenvalue weighted by Crippen LogP contribution is -2.29. The minimum atomic E-state index is -0.810. The van der Waals surface area contributed by atoms with E-state index in [0.29, 0.717) is 10.9 Å². The van der Waals surface area contributed by atoms with Crippen molar-refractivity contribution < 1.29 is 14.8 Å². The summed E-state index contributed by atoms with van der Waals surface area (Å²) in [6, 6.07) is 11.8. The van der Waals surface area contributed by atoms with Crippen LogP contribution in [0.4, 0.5) is 11.4 Å². The summed E-state index contributed by atoms with van der Waals surface area (Å²) in [5, 5.41) is 24.0. The number of non-ortho nitro benzene ring substituents is 1. The second kappa shape index (κ2) is 7.12. The number of benzene rings is 2. The van der Waals surface area contributed by atoms with Crippen LogP contribution in [-0.4, -0.2) is 20.5 Å². The smallest absolute Gasteiger partial charge is 0.269 e. The van der Waals surface area contributed by atoms with E-state index in [1.54, 1.807) is 24.3 Å². The minimum absolute atomic E-state index is 0.130. The molecule has 0 spiro atoms. The van der Waals surface area contributed by atoms with Crippen molar-refractivity contribution in [2.24, 2.45) is 0 Å². The lowest BCUT2D eigenvalue weighted by molar-refractivity contribution is -0.384. The molecule has 0 aliphatic carbocycles. The summed E-state index contributed by atoms with van der Waals surface area (Å²) in [6.45, 7) is 3.78. The van der Waals surface area contributed by atoms with Gasteiger partial charge in [0.05, 0.1) is 10.4 Å². The molecule has 27 heavy (non-hydrogen) atoms. The molecule has 0 saturated heterocycles. The molecule has 3 aromatic rings. The van der Waals surface area contributed by atoms with Gasteiger partial charge in [-0.2, -0.15) is 0 Å². The van der Waals surface area contributed by atoms with Crippen LogP contribution in [0.1, 0.15) is 10.4 Å². The zero-order valence-electron chi connectivity index (χ0n) is 14.1. The summed E-state index contributed by atoms with van der Waals surface area (Å²) in [4.78, 5) is 35.5. The van der Waals surface area contributed by atoms with E-state index in [1.807, 2.05) is 0 Å². The predicted octanol–water partition coefficient (Wildman–Crippen LogP) is 3.05. The summed E-state index contributed by atoms with van der Waals surface area (Å²) in [5.74, 6) is -1.23. The second-order valence-corrected chi connectivity index (χ2v) is 5.70. The van der Waals surface area contributed by atoms with Crippen LogP contribution in [-0.2, 0) is 6.54 Å². The van der Waals surface area contributed by atoms with Gasteiger partial charge in [-0.3, -0.25) is 19.7 Å². The fourth-order valence-electron chi connectivity index (χ4n) is 2.76. The lowest BCUT2D eigenvalue weighted by atomic mass is 10.1. The number of hydrogen-bond donors (Lipinski definition) is 2. The van der Waals surface area contributed by atoms with Crippen molar-refractivity contribution in [3.8, 4) is 5.75 Å². The highest BCUT2D eigenvalue weighted by atomic mass is 16.6. The zero-order chi connectivity index (χ0) is 19.6. The van der Waals surface area contributed by atoms with E-state index in [4.69, 9.17) is 0 Å². The van der Waals surface area contributed by atoms with Crippen LogP contribution < -0.4 is 10.9 Å². The van der Waals surface area contributed by atoms with Crippen molar-refractivity contribution in [2.45, 2.75) is 6.54 Å². The van der Waals surface area contributed by atoms with E-state index in [0.717, 1.165) is 0 Å². The molecule has 0 aliphatic heterocycles. The first-order valence-electron chi connectivity index (χ1n) is 7.95. The number of nitrogens with one attached hydrogen (secondary N) is 1. The number of para-hydroxylation sites is 1. The number of nitrogens with zero attached hydrogens (tertiary/aromatic N) is 2. The van der Waals surface area contributed by atoms with Crippen LogP contribution >= 0.6 is 0 Å². The number of pyridine rings is 1. The SMILES string of the molecule is C=CCn1c(=O)c(C(=O)Nc2ccc([N+](=O)[O-])cc2)c(O)c2ccccc21. The molecular formula is C19H15N3O5. The van der Waals surface area contributed by atoms with E-state index < -0.39 is 27.7 Å². The first-order valence-corrected chi connectivity index (χ1v) is 7.95. The summed E-state index contributed by atoms with van der Waals surface area (Å²) in [6.07, 6.45) is 1.52. The number of allylic oxidation sites excluding steroid dienone is 1. The Morgan fingerprint density at radius 3 is 2.52 bits per heavy atom. The molecule has 0 radical (unpaired) electrons. The van der Waals surface area contributed by atoms with Gasteiger partial charge in [0, 0.05) is 29.8 Å². The Kier molecular flexibility index (Phi) is 4.71. The summed E-state index contributed by atoms with van der Waals surface area (Å²) in [7, 11) is 0.